The van der Waals surface area contributed by atoms with Crippen molar-refractivity contribution in [1.29, 1.82) is 0 Å². The Morgan fingerprint density at radius 1 is 1.32 bits per heavy atom. The van der Waals surface area contributed by atoms with Gasteiger partial charge in [-0.25, -0.2) is 0 Å². The van der Waals surface area contributed by atoms with E-state index in [2.05, 4.69) is 21.6 Å². The molecule has 2 aliphatic rings. The lowest BCUT2D eigenvalue weighted by molar-refractivity contribution is -0.121. The minimum Gasteiger partial charge on any atom is -0.355 e. The van der Waals surface area contributed by atoms with Gasteiger partial charge in [-0.2, -0.15) is 0 Å². The Bertz CT molecular complexity index is 560. The van der Waals surface area contributed by atoms with E-state index in [9.17, 15) is 4.79 Å². The molecule has 25 heavy (non-hydrogen) atoms. The predicted molar refractivity (Wildman–Crippen MR) is 103 cm³/mol. The maximum Gasteiger partial charge on any atom is 0.220 e. The van der Waals surface area contributed by atoms with Gasteiger partial charge in [0.2, 0.25) is 5.91 Å². The highest BCUT2D eigenvalue weighted by molar-refractivity contribution is 6.30. The van der Waals surface area contributed by atoms with Crippen LogP contribution in [0.3, 0.4) is 0 Å². The lowest BCUT2D eigenvalue weighted by atomic mass is 10.0. The topological polar surface area (TPSA) is 44.4 Å². The van der Waals surface area contributed by atoms with Crippen molar-refractivity contribution in [2.24, 2.45) is 5.92 Å². The number of nitrogens with one attached hydrogen (secondary N) is 2. The fourth-order valence-electron chi connectivity index (χ4n) is 3.99. The van der Waals surface area contributed by atoms with E-state index in [4.69, 9.17) is 11.6 Å². The fraction of sp³-hybridized carbons (Fsp3) is 0.650. The highest BCUT2D eigenvalue weighted by atomic mass is 35.5. The zero-order chi connectivity index (χ0) is 17.5. The molecule has 2 saturated heterocycles. The third-order valence-corrected chi connectivity index (χ3v) is 5.74. The molecular formula is C20H30ClN3O. The lowest BCUT2D eigenvalue weighted by Crippen LogP contribution is -2.46. The van der Waals surface area contributed by atoms with E-state index in [0.717, 1.165) is 50.6 Å². The molecule has 2 atom stereocenters. The molecule has 0 bridgehead atoms. The van der Waals surface area contributed by atoms with Crippen LogP contribution < -0.4 is 10.6 Å². The van der Waals surface area contributed by atoms with Gasteiger partial charge in [0, 0.05) is 30.6 Å². The SMILES string of the molecule is O=C(CCC1CCNC1)NCC1CCCCN1Cc1cccc(Cl)c1. The number of likely N-dealkylation sites (tertiary alicyclic amines) is 1. The Kier molecular flexibility index (Phi) is 7.14. The molecule has 0 aromatic heterocycles. The lowest BCUT2D eigenvalue weighted by Gasteiger charge is -2.36. The molecule has 2 unspecified atom stereocenters. The number of rotatable bonds is 7. The number of hydrogen-bond acceptors (Lipinski definition) is 3. The summed E-state index contributed by atoms with van der Waals surface area (Å²) in [6.07, 6.45) is 6.53. The normalized spacial score (nSPS) is 24.4. The first-order valence-corrected chi connectivity index (χ1v) is 10.0. The number of hydrogen-bond donors (Lipinski definition) is 2. The van der Waals surface area contributed by atoms with Crippen LogP contribution in [0.25, 0.3) is 0 Å². The van der Waals surface area contributed by atoms with Gasteiger partial charge >= 0.3 is 0 Å². The van der Waals surface area contributed by atoms with E-state index < -0.39 is 0 Å². The quantitative estimate of drug-likeness (QED) is 0.781. The van der Waals surface area contributed by atoms with Crippen molar-refractivity contribution in [2.75, 3.05) is 26.2 Å². The van der Waals surface area contributed by atoms with Crippen LogP contribution in [0.15, 0.2) is 24.3 Å². The summed E-state index contributed by atoms with van der Waals surface area (Å²) in [5, 5.41) is 7.33. The second kappa shape index (κ2) is 9.56. The van der Waals surface area contributed by atoms with Crippen molar-refractivity contribution in [3.63, 3.8) is 0 Å². The summed E-state index contributed by atoms with van der Waals surface area (Å²) in [4.78, 5) is 14.7. The zero-order valence-corrected chi connectivity index (χ0v) is 15.7. The van der Waals surface area contributed by atoms with Crippen molar-refractivity contribution >= 4 is 17.5 Å². The summed E-state index contributed by atoms with van der Waals surface area (Å²) in [5.41, 5.74) is 1.25. The number of carbonyl (C=O) groups excluding carboxylic acids is 1. The molecule has 5 heteroatoms. The molecule has 0 radical (unpaired) electrons. The van der Waals surface area contributed by atoms with Gasteiger partial charge in [-0.05, 0) is 68.9 Å². The molecule has 3 rings (SSSR count). The molecule has 2 heterocycles. The third kappa shape index (κ3) is 5.98. The summed E-state index contributed by atoms with van der Waals surface area (Å²) in [6.45, 7) is 4.95. The second-order valence-corrected chi connectivity index (χ2v) is 7.89. The van der Waals surface area contributed by atoms with Crippen LogP contribution >= 0.6 is 11.6 Å². The van der Waals surface area contributed by atoms with E-state index in [1.54, 1.807) is 0 Å². The van der Waals surface area contributed by atoms with Gasteiger partial charge in [-0.3, -0.25) is 9.69 Å². The van der Waals surface area contributed by atoms with Crippen molar-refractivity contribution in [3.05, 3.63) is 34.9 Å². The van der Waals surface area contributed by atoms with E-state index in [0.29, 0.717) is 18.4 Å². The molecule has 4 nitrogen and oxygen atoms in total. The minimum atomic E-state index is 0.208. The number of amides is 1. The van der Waals surface area contributed by atoms with Gasteiger partial charge in [0.05, 0.1) is 0 Å². The Morgan fingerprint density at radius 2 is 2.24 bits per heavy atom. The van der Waals surface area contributed by atoms with Gasteiger partial charge in [-0.1, -0.05) is 30.2 Å². The number of halogens is 1. The largest absolute Gasteiger partial charge is 0.355 e. The average molecular weight is 364 g/mol. The molecule has 2 N–H and O–H groups in total. The van der Waals surface area contributed by atoms with E-state index in [1.165, 1.54) is 24.8 Å². The first-order valence-electron chi connectivity index (χ1n) is 9.66. The molecule has 1 aromatic rings. The van der Waals surface area contributed by atoms with Gasteiger partial charge in [0.1, 0.15) is 0 Å². The summed E-state index contributed by atoms with van der Waals surface area (Å²) in [7, 11) is 0. The van der Waals surface area contributed by atoms with Crippen LogP contribution in [-0.4, -0.2) is 43.0 Å². The molecule has 138 valence electrons. The molecule has 1 aromatic carbocycles. The van der Waals surface area contributed by atoms with Crippen LogP contribution in [0.5, 0.6) is 0 Å². The Labute approximate surface area is 156 Å². The highest BCUT2D eigenvalue weighted by Crippen LogP contribution is 2.21. The Hall–Kier alpha value is -1.10. The van der Waals surface area contributed by atoms with E-state index in [1.807, 2.05) is 18.2 Å². The van der Waals surface area contributed by atoms with Crippen molar-refractivity contribution in [1.82, 2.24) is 15.5 Å². The van der Waals surface area contributed by atoms with Gasteiger partial charge in [-0.15, -0.1) is 0 Å². The van der Waals surface area contributed by atoms with Crippen LogP contribution in [0, 0.1) is 5.92 Å². The molecule has 2 fully saturated rings. The second-order valence-electron chi connectivity index (χ2n) is 7.45. The first-order chi connectivity index (χ1) is 12.2. The summed E-state index contributed by atoms with van der Waals surface area (Å²) < 4.78 is 0. The van der Waals surface area contributed by atoms with Crippen LogP contribution in [-0.2, 0) is 11.3 Å². The zero-order valence-electron chi connectivity index (χ0n) is 15.0. The van der Waals surface area contributed by atoms with E-state index in [-0.39, 0.29) is 5.91 Å². The van der Waals surface area contributed by atoms with Gasteiger partial charge < -0.3 is 10.6 Å². The molecule has 1 amide bonds. The molecule has 2 aliphatic heterocycles. The maximum atomic E-state index is 12.2. The smallest absolute Gasteiger partial charge is 0.220 e. The number of benzene rings is 1. The Morgan fingerprint density at radius 3 is 3.04 bits per heavy atom. The fourth-order valence-corrected chi connectivity index (χ4v) is 4.20. The maximum absolute atomic E-state index is 12.2. The summed E-state index contributed by atoms with van der Waals surface area (Å²) >= 11 is 6.11. The molecular weight excluding hydrogens is 334 g/mol. The number of piperidine rings is 1. The van der Waals surface area contributed by atoms with Crippen molar-refractivity contribution in [3.8, 4) is 0 Å². The Balaban J connectivity index is 1.44. The third-order valence-electron chi connectivity index (χ3n) is 5.50. The van der Waals surface area contributed by atoms with Gasteiger partial charge in [0.15, 0.2) is 0 Å². The predicted octanol–water partition coefficient (Wildman–Crippen LogP) is 3.20. The van der Waals surface area contributed by atoms with Crippen LogP contribution in [0.2, 0.25) is 5.02 Å². The monoisotopic (exact) mass is 363 g/mol. The van der Waals surface area contributed by atoms with Crippen molar-refractivity contribution < 1.29 is 4.79 Å². The molecule has 0 aliphatic carbocycles. The number of carbonyl (C=O) groups is 1. The van der Waals surface area contributed by atoms with Crippen molar-refractivity contribution in [2.45, 2.75) is 51.1 Å². The van der Waals surface area contributed by atoms with Crippen LogP contribution in [0.1, 0.15) is 44.1 Å². The summed E-state index contributed by atoms with van der Waals surface area (Å²) in [6, 6.07) is 8.53. The van der Waals surface area contributed by atoms with Gasteiger partial charge in [0.25, 0.3) is 0 Å². The average Bonchev–Trinajstić information content (AvgIpc) is 3.13. The first kappa shape index (κ1) is 18.7. The molecule has 0 spiro atoms. The minimum absolute atomic E-state index is 0.208. The molecule has 0 saturated carbocycles. The van der Waals surface area contributed by atoms with E-state index >= 15 is 0 Å². The number of nitrogens with zero attached hydrogens (tertiary/aromatic N) is 1. The highest BCUT2D eigenvalue weighted by Gasteiger charge is 2.23. The standard InChI is InChI=1S/C20H30ClN3O/c21-18-5-3-4-17(12-18)15-24-11-2-1-6-19(24)14-23-20(25)8-7-16-9-10-22-13-16/h3-5,12,16,19,22H,1-2,6-11,13-15H2,(H,23,25). The summed E-state index contributed by atoms with van der Waals surface area (Å²) in [5.74, 6) is 0.889. The van der Waals surface area contributed by atoms with Crippen LogP contribution in [0.4, 0.5) is 0 Å².